The van der Waals surface area contributed by atoms with E-state index >= 15 is 0 Å². The second kappa shape index (κ2) is 18.9. The number of allylic oxidation sites excluding steroid dienone is 12. The van der Waals surface area contributed by atoms with Crippen LogP contribution in [0.15, 0.2) is 72.9 Å². The first-order valence-corrected chi connectivity index (χ1v) is 29.3. The van der Waals surface area contributed by atoms with Gasteiger partial charge in [-0.2, -0.15) is 0 Å². The molecule has 12 aliphatic carbocycles. The predicted molar refractivity (Wildman–Crippen MR) is 282 cm³/mol. The molecule has 6 saturated carbocycles. The molecule has 0 aromatic rings. The second-order valence-electron chi connectivity index (χ2n) is 28.6. The molecule has 13 nitrogen and oxygen atoms in total. The SMILES string of the molecule is CC1(C(=O)OCC(COCC(COC(=O)C2(C)CC3C=CC2C3)(COC(=O)C2(C)CC3C=CC2C3)COC(=O)C2(C)CC3C=CC2C3)(COC(=O)C2(C)CC3C=CC2C3)COC(=O)C2(C)CC3C=CC2C3)CC2C=CC1C2. The topological polar surface area (TPSA) is 167 Å². The van der Waals surface area contributed by atoms with Crippen LogP contribution in [0.3, 0.4) is 0 Å². The Morgan fingerprint density at radius 2 is 0.468 bits per heavy atom. The van der Waals surface area contributed by atoms with E-state index in [1.165, 1.54) is 0 Å². The molecule has 0 heterocycles. The maximum absolute atomic E-state index is 14.5. The van der Waals surface area contributed by atoms with Crippen molar-refractivity contribution in [2.24, 2.45) is 114 Å². The van der Waals surface area contributed by atoms with Crippen molar-refractivity contribution in [1.29, 1.82) is 0 Å². The van der Waals surface area contributed by atoms with Gasteiger partial charge in [0.05, 0.1) is 56.5 Å². The molecule has 0 N–H and O–H groups in total. The van der Waals surface area contributed by atoms with Crippen molar-refractivity contribution in [3.63, 3.8) is 0 Å². The van der Waals surface area contributed by atoms with Gasteiger partial charge in [0, 0.05) is 0 Å². The third kappa shape index (κ3) is 8.95. The highest BCUT2D eigenvalue weighted by Crippen LogP contribution is 2.58. The van der Waals surface area contributed by atoms with Gasteiger partial charge in [-0.1, -0.05) is 72.9 Å². The number of rotatable bonds is 22. The van der Waals surface area contributed by atoms with Crippen LogP contribution in [-0.4, -0.2) is 88.7 Å². The van der Waals surface area contributed by atoms with Crippen LogP contribution in [0.2, 0.25) is 0 Å². The zero-order valence-electron chi connectivity index (χ0n) is 46.3. The van der Waals surface area contributed by atoms with Crippen LogP contribution < -0.4 is 0 Å². The van der Waals surface area contributed by atoms with Crippen molar-refractivity contribution >= 4 is 35.8 Å². The van der Waals surface area contributed by atoms with E-state index in [0.29, 0.717) is 38.5 Å². The molecule has 18 unspecified atom stereocenters. The monoisotopic (exact) mass is 1060 g/mol. The lowest BCUT2D eigenvalue weighted by atomic mass is 9.77. The van der Waals surface area contributed by atoms with Crippen LogP contribution in [0.4, 0.5) is 0 Å². The molecule has 0 radical (unpaired) electrons. The Kier molecular flexibility index (Phi) is 13.0. The quantitative estimate of drug-likeness (QED) is 0.0572. The number of fused-ring (bicyclic) bond motifs is 12. The summed E-state index contributed by atoms with van der Waals surface area (Å²) in [7, 11) is 0. The number of ether oxygens (including phenoxy) is 7. The van der Waals surface area contributed by atoms with E-state index in [1.54, 1.807) is 0 Å². The van der Waals surface area contributed by atoms with Gasteiger partial charge in [-0.15, -0.1) is 0 Å². The van der Waals surface area contributed by atoms with Gasteiger partial charge < -0.3 is 33.2 Å². The molecule has 12 aliphatic rings. The number of carbonyl (C=O) groups is 6. The normalized spacial score (nSPS) is 44.3. The second-order valence-corrected chi connectivity index (χ2v) is 28.6. The molecule has 18 atom stereocenters. The van der Waals surface area contributed by atoms with E-state index in [-0.39, 0.29) is 160 Å². The number of carbonyl (C=O) groups excluding carboxylic acids is 6. The third-order valence-electron chi connectivity index (χ3n) is 22.7. The molecule has 77 heavy (non-hydrogen) atoms. The fraction of sp³-hybridized carbons (Fsp3) is 0.719. The van der Waals surface area contributed by atoms with Crippen molar-refractivity contribution in [1.82, 2.24) is 0 Å². The van der Waals surface area contributed by atoms with Crippen LogP contribution in [0.1, 0.15) is 119 Å². The van der Waals surface area contributed by atoms with Gasteiger partial charge in [0.15, 0.2) is 0 Å². The molecule has 0 aromatic carbocycles. The van der Waals surface area contributed by atoms with Crippen molar-refractivity contribution in [3.05, 3.63) is 72.9 Å². The summed E-state index contributed by atoms with van der Waals surface area (Å²) in [6.45, 7) is 9.29. The minimum absolute atomic E-state index is 0.0136. The highest BCUT2D eigenvalue weighted by atomic mass is 16.6. The van der Waals surface area contributed by atoms with E-state index < -0.39 is 43.3 Å². The smallest absolute Gasteiger partial charge is 0.312 e. The Morgan fingerprint density at radius 3 is 0.597 bits per heavy atom. The fourth-order valence-electron chi connectivity index (χ4n) is 17.3. The zero-order valence-corrected chi connectivity index (χ0v) is 46.3. The third-order valence-corrected chi connectivity index (χ3v) is 22.7. The highest BCUT2D eigenvalue weighted by molar-refractivity contribution is 5.81. The number of hydrogen-bond acceptors (Lipinski definition) is 13. The molecular formula is C64H82O13. The van der Waals surface area contributed by atoms with Gasteiger partial charge in [-0.05, 0) is 190 Å². The molecule has 13 heteroatoms. The van der Waals surface area contributed by atoms with Crippen LogP contribution in [0, 0.1) is 114 Å². The van der Waals surface area contributed by atoms with Crippen molar-refractivity contribution in [2.45, 2.75) is 119 Å². The summed E-state index contributed by atoms with van der Waals surface area (Å²) in [5.74, 6) is -0.566. The van der Waals surface area contributed by atoms with Crippen molar-refractivity contribution < 1.29 is 61.9 Å². The number of esters is 6. The summed E-state index contributed by atoms with van der Waals surface area (Å²) in [5.41, 5.74) is -7.55. The van der Waals surface area contributed by atoms with Crippen molar-refractivity contribution in [3.8, 4) is 0 Å². The standard InChI is InChI=1S/C64H82O13/c1-57(25-39-7-13-45(57)19-39)51(65)72-33-63(34-73-52(66)58(2)26-40-8-14-46(58)20-40,35-74-53(67)59(3)27-41-9-15-47(59)21-41)31-71-32-64(36-75-54(68)60(4)28-42-10-16-48(60)22-42,37-76-55(69)61(5)29-43-11-17-49(61)23-43)38-77-56(70)62(6)30-44-12-18-50(62)24-44/h7-18,39-50H,19-38H2,1-6H3. The average Bonchev–Trinajstić information content (AvgIpc) is 4.27. The molecule has 12 bridgehead atoms. The van der Waals surface area contributed by atoms with Crippen LogP contribution in [0.5, 0.6) is 0 Å². The Hall–Kier alpha value is -4.78. The fourth-order valence-corrected chi connectivity index (χ4v) is 17.3. The highest BCUT2D eigenvalue weighted by Gasteiger charge is 2.58. The maximum atomic E-state index is 14.5. The molecule has 12 rings (SSSR count). The summed E-state index contributed by atoms with van der Waals surface area (Å²) in [6.07, 6.45) is 34.7. The van der Waals surface area contributed by atoms with E-state index in [9.17, 15) is 28.8 Å². The predicted octanol–water partition coefficient (Wildman–Crippen LogP) is 9.85. The molecule has 0 amide bonds. The van der Waals surface area contributed by atoms with E-state index in [4.69, 9.17) is 33.2 Å². The summed E-state index contributed by atoms with van der Waals surface area (Å²) < 4.78 is 45.5. The molecule has 6 fully saturated rings. The van der Waals surface area contributed by atoms with Gasteiger partial charge in [-0.25, -0.2) is 0 Å². The van der Waals surface area contributed by atoms with E-state index in [2.05, 4.69) is 72.9 Å². The van der Waals surface area contributed by atoms with Crippen molar-refractivity contribution in [2.75, 3.05) is 52.9 Å². The largest absolute Gasteiger partial charge is 0.464 e. The summed E-state index contributed by atoms with van der Waals surface area (Å²) in [5, 5.41) is 0. The Bertz CT molecular complexity index is 2190. The van der Waals surface area contributed by atoms with Crippen LogP contribution >= 0.6 is 0 Å². The van der Waals surface area contributed by atoms with Gasteiger partial charge in [-0.3, -0.25) is 28.8 Å². The molecule has 0 saturated heterocycles. The maximum Gasteiger partial charge on any atom is 0.312 e. The molecular weight excluding hydrogens is 977 g/mol. The first-order valence-electron chi connectivity index (χ1n) is 29.3. The molecule has 0 aliphatic heterocycles. The summed E-state index contributed by atoms with van der Waals surface area (Å²) in [6, 6.07) is 0. The van der Waals surface area contributed by atoms with Crippen LogP contribution in [0.25, 0.3) is 0 Å². The number of hydrogen-bond donors (Lipinski definition) is 0. The van der Waals surface area contributed by atoms with Gasteiger partial charge in [0.1, 0.15) is 39.6 Å². The Morgan fingerprint density at radius 1 is 0.299 bits per heavy atom. The van der Waals surface area contributed by atoms with Gasteiger partial charge in [0.25, 0.3) is 0 Å². The summed E-state index contributed by atoms with van der Waals surface area (Å²) in [4.78, 5) is 87.1. The van der Waals surface area contributed by atoms with E-state index in [0.717, 1.165) is 38.5 Å². The van der Waals surface area contributed by atoms with E-state index in [1.807, 2.05) is 41.5 Å². The van der Waals surface area contributed by atoms with Gasteiger partial charge >= 0.3 is 35.8 Å². The Balaban J connectivity index is 0.865. The first kappa shape index (κ1) is 52.9. The first-order chi connectivity index (χ1) is 36.6. The molecule has 0 aromatic heterocycles. The lowest BCUT2D eigenvalue weighted by Crippen LogP contribution is -2.50. The lowest BCUT2D eigenvalue weighted by molar-refractivity contribution is -0.187. The molecule has 416 valence electrons. The zero-order chi connectivity index (χ0) is 54.0. The minimum atomic E-state index is -1.44. The molecule has 0 spiro atoms. The summed E-state index contributed by atoms with van der Waals surface area (Å²) >= 11 is 0. The average molecular weight is 1060 g/mol. The Labute approximate surface area is 454 Å². The van der Waals surface area contributed by atoms with Crippen LogP contribution in [-0.2, 0) is 61.9 Å². The lowest BCUT2D eigenvalue weighted by Gasteiger charge is -2.39. The van der Waals surface area contributed by atoms with Gasteiger partial charge in [0.2, 0.25) is 0 Å². The minimum Gasteiger partial charge on any atom is -0.464 e.